The Hall–Kier alpha value is -1.57. The molecule has 2 heterocycles. The summed E-state index contributed by atoms with van der Waals surface area (Å²) in [6.45, 7) is 3.11. The van der Waals surface area contributed by atoms with Gasteiger partial charge in [-0.25, -0.2) is 8.78 Å². The highest BCUT2D eigenvalue weighted by molar-refractivity contribution is 5.82. The van der Waals surface area contributed by atoms with E-state index in [1.807, 2.05) is 0 Å². The molecule has 2 aliphatic heterocycles. The second kappa shape index (κ2) is 7.55. The van der Waals surface area contributed by atoms with Crippen LogP contribution in [0.5, 0.6) is 0 Å². The molecule has 3 rings (SSSR count). The molecule has 2 unspecified atom stereocenters. The number of ether oxygens (including phenoxy) is 1. The number of benzene rings is 1. The minimum Gasteiger partial charge on any atom is -0.374 e. The van der Waals surface area contributed by atoms with Crippen molar-refractivity contribution in [2.24, 2.45) is 5.73 Å². The summed E-state index contributed by atoms with van der Waals surface area (Å²) >= 11 is 0. The van der Waals surface area contributed by atoms with Crippen molar-refractivity contribution in [3.05, 3.63) is 35.4 Å². The standard InChI is InChI=1S/C17H23F2N3O2/c18-13-4-3-12(15(19)8-13)10-22-5-1-2-16(17(22)23)21-6-7-24-14(9-20)11-21/h3-4,8,14,16H,1-2,5-7,9-11,20H2. The Balaban J connectivity index is 1.68. The lowest BCUT2D eigenvalue weighted by Crippen LogP contribution is -2.57. The number of piperidine rings is 1. The highest BCUT2D eigenvalue weighted by Gasteiger charge is 2.35. The molecule has 1 aromatic rings. The summed E-state index contributed by atoms with van der Waals surface area (Å²) in [5, 5.41) is 0. The first-order valence-electron chi connectivity index (χ1n) is 8.37. The Bertz CT molecular complexity index is 599. The Morgan fingerprint density at radius 2 is 2.12 bits per heavy atom. The third kappa shape index (κ3) is 3.74. The van der Waals surface area contributed by atoms with Crippen molar-refractivity contribution in [3.63, 3.8) is 0 Å². The van der Waals surface area contributed by atoms with Crippen LogP contribution in [0.4, 0.5) is 8.78 Å². The van der Waals surface area contributed by atoms with Gasteiger partial charge in [-0.05, 0) is 18.9 Å². The van der Waals surface area contributed by atoms with Crippen molar-refractivity contribution in [1.29, 1.82) is 0 Å². The molecule has 24 heavy (non-hydrogen) atoms. The number of rotatable bonds is 4. The van der Waals surface area contributed by atoms with E-state index in [1.165, 1.54) is 12.1 Å². The van der Waals surface area contributed by atoms with E-state index in [4.69, 9.17) is 10.5 Å². The molecule has 0 aromatic heterocycles. The molecule has 2 N–H and O–H groups in total. The van der Waals surface area contributed by atoms with Crippen LogP contribution >= 0.6 is 0 Å². The molecular weight excluding hydrogens is 316 g/mol. The van der Waals surface area contributed by atoms with Crippen LogP contribution in [0.15, 0.2) is 18.2 Å². The number of morpholine rings is 1. The van der Waals surface area contributed by atoms with Crippen molar-refractivity contribution in [2.45, 2.75) is 31.5 Å². The minimum atomic E-state index is -0.612. The van der Waals surface area contributed by atoms with Gasteiger partial charge in [-0.15, -0.1) is 0 Å². The summed E-state index contributed by atoms with van der Waals surface area (Å²) in [4.78, 5) is 16.6. The molecule has 2 fully saturated rings. The van der Waals surface area contributed by atoms with Gasteiger partial charge in [0.15, 0.2) is 0 Å². The first-order valence-corrected chi connectivity index (χ1v) is 8.37. The first-order chi connectivity index (χ1) is 11.6. The average molecular weight is 339 g/mol. The van der Waals surface area contributed by atoms with Crippen LogP contribution in [0.25, 0.3) is 0 Å². The SMILES string of the molecule is NCC1CN(C2CCCN(Cc3ccc(F)cc3F)C2=O)CCO1. The molecule has 2 saturated heterocycles. The average Bonchev–Trinajstić information content (AvgIpc) is 2.59. The predicted molar refractivity (Wildman–Crippen MR) is 85.2 cm³/mol. The van der Waals surface area contributed by atoms with E-state index in [0.717, 1.165) is 18.9 Å². The lowest BCUT2D eigenvalue weighted by atomic mass is 10.0. The fourth-order valence-electron chi connectivity index (χ4n) is 3.44. The molecule has 132 valence electrons. The molecular formula is C17H23F2N3O2. The fourth-order valence-corrected chi connectivity index (χ4v) is 3.44. The van der Waals surface area contributed by atoms with Crippen molar-refractivity contribution < 1.29 is 18.3 Å². The Morgan fingerprint density at radius 1 is 1.29 bits per heavy atom. The van der Waals surface area contributed by atoms with Crippen molar-refractivity contribution in [3.8, 4) is 0 Å². The van der Waals surface area contributed by atoms with Crippen LogP contribution in [-0.2, 0) is 16.1 Å². The molecule has 0 aliphatic carbocycles. The topological polar surface area (TPSA) is 58.8 Å². The lowest BCUT2D eigenvalue weighted by molar-refractivity contribution is -0.144. The Kier molecular flexibility index (Phi) is 5.43. The first kappa shape index (κ1) is 17.3. The molecule has 1 aromatic carbocycles. The van der Waals surface area contributed by atoms with E-state index in [9.17, 15) is 13.6 Å². The number of hydrogen-bond donors (Lipinski definition) is 1. The van der Waals surface area contributed by atoms with E-state index in [2.05, 4.69) is 4.90 Å². The van der Waals surface area contributed by atoms with Gasteiger partial charge in [-0.3, -0.25) is 9.69 Å². The van der Waals surface area contributed by atoms with Gasteiger partial charge in [0.05, 0.1) is 18.8 Å². The monoisotopic (exact) mass is 339 g/mol. The zero-order chi connectivity index (χ0) is 17.1. The summed E-state index contributed by atoms with van der Waals surface area (Å²) in [6.07, 6.45) is 1.61. The van der Waals surface area contributed by atoms with E-state index in [0.29, 0.717) is 38.3 Å². The summed E-state index contributed by atoms with van der Waals surface area (Å²) in [5.41, 5.74) is 6.01. The van der Waals surface area contributed by atoms with E-state index in [-0.39, 0.29) is 24.6 Å². The second-order valence-electron chi connectivity index (χ2n) is 6.38. The number of carbonyl (C=O) groups is 1. The van der Waals surface area contributed by atoms with E-state index in [1.54, 1.807) is 4.90 Å². The van der Waals surface area contributed by atoms with Crippen LogP contribution in [-0.4, -0.2) is 60.6 Å². The molecule has 0 saturated carbocycles. The number of halogens is 2. The van der Waals surface area contributed by atoms with E-state index >= 15 is 0 Å². The van der Waals surface area contributed by atoms with Gasteiger partial charge in [0, 0.05) is 44.4 Å². The van der Waals surface area contributed by atoms with Crippen LogP contribution in [0.2, 0.25) is 0 Å². The molecule has 0 radical (unpaired) electrons. The minimum absolute atomic E-state index is 0.00245. The Morgan fingerprint density at radius 3 is 2.88 bits per heavy atom. The third-order valence-corrected chi connectivity index (χ3v) is 4.75. The number of likely N-dealkylation sites (tertiary alicyclic amines) is 1. The maximum Gasteiger partial charge on any atom is 0.240 e. The van der Waals surface area contributed by atoms with Crippen molar-refractivity contribution in [1.82, 2.24) is 9.80 Å². The summed E-state index contributed by atoms with van der Waals surface area (Å²) in [6, 6.07) is 3.27. The largest absolute Gasteiger partial charge is 0.374 e. The highest BCUT2D eigenvalue weighted by Crippen LogP contribution is 2.22. The van der Waals surface area contributed by atoms with Gasteiger partial charge in [0.25, 0.3) is 0 Å². The van der Waals surface area contributed by atoms with Crippen LogP contribution in [0, 0.1) is 11.6 Å². The molecule has 1 amide bonds. The van der Waals surface area contributed by atoms with Gasteiger partial charge in [-0.1, -0.05) is 6.07 Å². The van der Waals surface area contributed by atoms with Crippen molar-refractivity contribution in [2.75, 3.05) is 32.8 Å². The fraction of sp³-hybridized carbons (Fsp3) is 0.588. The lowest BCUT2D eigenvalue weighted by Gasteiger charge is -2.41. The summed E-state index contributed by atoms with van der Waals surface area (Å²) in [5.74, 6) is -1.22. The molecule has 2 atom stereocenters. The zero-order valence-electron chi connectivity index (χ0n) is 13.6. The zero-order valence-corrected chi connectivity index (χ0v) is 13.6. The molecule has 7 heteroatoms. The van der Waals surface area contributed by atoms with Gasteiger partial charge in [0.2, 0.25) is 5.91 Å². The summed E-state index contributed by atoms with van der Waals surface area (Å²) < 4.78 is 32.4. The van der Waals surface area contributed by atoms with Crippen LogP contribution in [0.1, 0.15) is 18.4 Å². The number of nitrogens with zero attached hydrogens (tertiary/aromatic N) is 2. The van der Waals surface area contributed by atoms with Gasteiger partial charge < -0.3 is 15.4 Å². The second-order valence-corrected chi connectivity index (χ2v) is 6.38. The number of nitrogens with two attached hydrogens (primary N) is 1. The Labute approximate surface area is 140 Å². The number of carbonyl (C=O) groups excluding carboxylic acids is 1. The normalized spacial score (nSPS) is 26.0. The van der Waals surface area contributed by atoms with E-state index < -0.39 is 11.6 Å². The maximum absolute atomic E-state index is 13.9. The predicted octanol–water partition coefficient (Wildman–Crippen LogP) is 1.12. The number of amides is 1. The smallest absolute Gasteiger partial charge is 0.240 e. The van der Waals surface area contributed by atoms with Crippen molar-refractivity contribution >= 4 is 5.91 Å². The quantitative estimate of drug-likeness (QED) is 0.893. The van der Waals surface area contributed by atoms with Crippen LogP contribution in [0.3, 0.4) is 0 Å². The molecule has 0 spiro atoms. The highest BCUT2D eigenvalue weighted by atomic mass is 19.1. The maximum atomic E-state index is 13.9. The molecule has 5 nitrogen and oxygen atoms in total. The summed E-state index contributed by atoms with van der Waals surface area (Å²) in [7, 11) is 0. The number of hydrogen-bond acceptors (Lipinski definition) is 4. The third-order valence-electron chi connectivity index (χ3n) is 4.75. The molecule has 0 bridgehead atoms. The van der Waals surface area contributed by atoms with Gasteiger partial charge in [0.1, 0.15) is 11.6 Å². The van der Waals surface area contributed by atoms with Gasteiger partial charge in [-0.2, -0.15) is 0 Å². The molecule has 2 aliphatic rings. The van der Waals surface area contributed by atoms with Gasteiger partial charge >= 0.3 is 0 Å². The van der Waals surface area contributed by atoms with Crippen LogP contribution < -0.4 is 5.73 Å².